The Kier molecular flexibility index (Phi) is 6.40. The molecule has 0 atom stereocenters. The molecular weight excluding hydrogens is 398 g/mol. The van der Waals surface area contributed by atoms with Gasteiger partial charge in [-0.2, -0.15) is 4.31 Å². The molecule has 0 bridgehead atoms. The second-order valence-corrected chi connectivity index (χ2v) is 9.51. The number of carbonyl (C=O) groups excluding carboxylic acids is 1. The van der Waals surface area contributed by atoms with Crippen LogP contribution in [0.1, 0.15) is 11.1 Å². The predicted octanol–water partition coefficient (Wildman–Crippen LogP) is 1.48. The molecule has 1 aliphatic heterocycles. The van der Waals surface area contributed by atoms with E-state index < -0.39 is 10.0 Å². The van der Waals surface area contributed by atoms with Crippen molar-refractivity contribution < 1.29 is 18.1 Å². The zero-order chi connectivity index (χ0) is 20.3. The molecule has 1 saturated heterocycles. The highest BCUT2D eigenvalue weighted by Crippen LogP contribution is 2.19. The average Bonchev–Trinajstić information content (AvgIpc) is 2.66. The van der Waals surface area contributed by atoms with Crippen LogP contribution in [0.2, 0.25) is 5.02 Å². The zero-order valence-corrected chi connectivity index (χ0v) is 17.6. The smallest absolute Gasteiger partial charge is 0.279 e. The Bertz CT molecular complexity index is 953. The lowest BCUT2D eigenvalue weighted by molar-refractivity contribution is -0.895. The van der Waals surface area contributed by atoms with Gasteiger partial charge in [0.15, 0.2) is 6.54 Å². The number of nitrogens with one attached hydrogen (secondary N) is 2. The number of carbonyl (C=O) groups is 1. The molecule has 8 heteroatoms. The summed E-state index contributed by atoms with van der Waals surface area (Å²) in [6, 6.07) is 12.2. The molecule has 0 radical (unpaired) electrons. The number of sulfonamides is 1. The van der Waals surface area contributed by atoms with Crippen LogP contribution < -0.4 is 10.2 Å². The van der Waals surface area contributed by atoms with Gasteiger partial charge in [0.05, 0.1) is 31.1 Å². The van der Waals surface area contributed by atoms with E-state index in [0.29, 0.717) is 48.3 Å². The lowest BCUT2D eigenvalue weighted by Crippen LogP contribution is -3.15. The van der Waals surface area contributed by atoms with E-state index in [4.69, 9.17) is 11.6 Å². The SMILES string of the molecule is Cc1ccc(S(=O)(=O)N2CC[NH+](CC(=O)Nc3ccc(Cl)cc3)CC2)cc1C. The minimum atomic E-state index is -3.50. The molecule has 2 N–H and O–H groups in total. The normalized spacial score (nSPS) is 16.1. The Morgan fingerprint density at radius 2 is 1.71 bits per heavy atom. The summed E-state index contributed by atoms with van der Waals surface area (Å²) in [5, 5.41) is 3.46. The maximum absolute atomic E-state index is 12.9. The molecule has 0 unspecified atom stereocenters. The Balaban J connectivity index is 1.55. The summed E-state index contributed by atoms with van der Waals surface area (Å²) < 4.78 is 27.3. The van der Waals surface area contributed by atoms with Gasteiger partial charge in [0.1, 0.15) is 0 Å². The van der Waals surface area contributed by atoms with Gasteiger partial charge in [-0.05, 0) is 61.4 Å². The molecule has 2 aromatic rings. The van der Waals surface area contributed by atoms with E-state index in [-0.39, 0.29) is 5.91 Å². The molecule has 2 aromatic carbocycles. The molecule has 1 fully saturated rings. The Labute approximate surface area is 171 Å². The zero-order valence-electron chi connectivity index (χ0n) is 16.0. The molecule has 1 aliphatic rings. The van der Waals surface area contributed by atoms with E-state index >= 15 is 0 Å². The van der Waals surface area contributed by atoms with Gasteiger partial charge in [0.2, 0.25) is 10.0 Å². The van der Waals surface area contributed by atoms with E-state index in [1.54, 1.807) is 36.4 Å². The number of hydrogen-bond donors (Lipinski definition) is 2. The van der Waals surface area contributed by atoms with Gasteiger partial charge in [-0.15, -0.1) is 0 Å². The number of benzene rings is 2. The van der Waals surface area contributed by atoms with Gasteiger partial charge in [0.25, 0.3) is 5.91 Å². The third-order valence-electron chi connectivity index (χ3n) is 5.08. The van der Waals surface area contributed by atoms with Crippen LogP contribution in [0.15, 0.2) is 47.4 Å². The molecule has 0 saturated carbocycles. The predicted molar refractivity (Wildman–Crippen MR) is 110 cm³/mol. The third-order valence-corrected chi connectivity index (χ3v) is 7.23. The van der Waals surface area contributed by atoms with Crippen molar-refractivity contribution in [1.29, 1.82) is 0 Å². The Morgan fingerprint density at radius 1 is 1.07 bits per heavy atom. The second kappa shape index (κ2) is 8.61. The molecule has 28 heavy (non-hydrogen) atoms. The summed E-state index contributed by atoms with van der Waals surface area (Å²) in [5.41, 5.74) is 2.73. The number of nitrogens with zero attached hydrogens (tertiary/aromatic N) is 1. The number of amides is 1. The number of halogens is 1. The van der Waals surface area contributed by atoms with Gasteiger partial charge in [-0.1, -0.05) is 17.7 Å². The van der Waals surface area contributed by atoms with E-state index in [1.165, 1.54) is 4.31 Å². The quantitative estimate of drug-likeness (QED) is 0.766. The van der Waals surface area contributed by atoms with Gasteiger partial charge in [-0.25, -0.2) is 8.42 Å². The molecule has 3 rings (SSSR count). The van der Waals surface area contributed by atoms with Crippen molar-refractivity contribution in [2.75, 3.05) is 38.0 Å². The summed E-state index contributed by atoms with van der Waals surface area (Å²) >= 11 is 5.84. The molecule has 0 aliphatic carbocycles. The second-order valence-electron chi connectivity index (χ2n) is 7.13. The maximum atomic E-state index is 12.9. The van der Waals surface area contributed by atoms with E-state index in [0.717, 1.165) is 16.0 Å². The van der Waals surface area contributed by atoms with Crippen LogP contribution >= 0.6 is 11.6 Å². The molecule has 1 heterocycles. The van der Waals surface area contributed by atoms with Gasteiger partial charge in [-0.3, -0.25) is 4.79 Å². The molecule has 150 valence electrons. The average molecular weight is 423 g/mol. The molecular formula is C20H25ClN3O3S+. The van der Waals surface area contributed by atoms with Gasteiger partial charge < -0.3 is 10.2 Å². The van der Waals surface area contributed by atoms with Gasteiger partial charge in [0, 0.05) is 10.7 Å². The highest BCUT2D eigenvalue weighted by Gasteiger charge is 2.31. The Hall–Kier alpha value is -1.93. The lowest BCUT2D eigenvalue weighted by atomic mass is 10.1. The van der Waals surface area contributed by atoms with Crippen LogP contribution in [-0.4, -0.2) is 51.4 Å². The minimum absolute atomic E-state index is 0.0946. The molecule has 1 amide bonds. The van der Waals surface area contributed by atoms with Crippen molar-refractivity contribution >= 4 is 33.2 Å². The summed E-state index contributed by atoms with van der Waals surface area (Å²) in [6.07, 6.45) is 0. The van der Waals surface area contributed by atoms with Crippen LogP contribution in [-0.2, 0) is 14.8 Å². The molecule has 0 aromatic heterocycles. The van der Waals surface area contributed by atoms with E-state index in [2.05, 4.69) is 5.32 Å². The number of hydrogen-bond acceptors (Lipinski definition) is 3. The van der Waals surface area contributed by atoms with E-state index in [9.17, 15) is 13.2 Å². The fraction of sp³-hybridized carbons (Fsp3) is 0.350. The van der Waals surface area contributed by atoms with Crippen molar-refractivity contribution in [1.82, 2.24) is 4.31 Å². The minimum Gasteiger partial charge on any atom is -0.325 e. The number of anilines is 1. The standard InChI is InChI=1S/C20H24ClN3O3S/c1-15-3-8-19(13-16(15)2)28(26,27)24-11-9-23(10-12-24)14-20(25)22-18-6-4-17(21)5-7-18/h3-8,13H,9-12,14H2,1-2H3,(H,22,25)/p+1. The summed E-state index contributed by atoms with van der Waals surface area (Å²) in [4.78, 5) is 13.6. The summed E-state index contributed by atoms with van der Waals surface area (Å²) in [6.45, 7) is 6.17. The fourth-order valence-electron chi connectivity index (χ4n) is 3.21. The first-order valence-electron chi connectivity index (χ1n) is 9.22. The van der Waals surface area contributed by atoms with Crippen LogP contribution in [0.5, 0.6) is 0 Å². The first kappa shape index (κ1) is 20.8. The number of piperazine rings is 1. The number of rotatable bonds is 5. The van der Waals surface area contributed by atoms with E-state index in [1.807, 2.05) is 19.9 Å². The van der Waals surface area contributed by atoms with Crippen molar-refractivity contribution in [3.63, 3.8) is 0 Å². The lowest BCUT2D eigenvalue weighted by Gasteiger charge is -2.31. The number of quaternary nitrogens is 1. The van der Waals surface area contributed by atoms with Crippen LogP contribution in [0.25, 0.3) is 0 Å². The van der Waals surface area contributed by atoms with Crippen LogP contribution in [0.3, 0.4) is 0 Å². The number of aryl methyl sites for hydroxylation is 2. The Morgan fingerprint density at radius 3 is 2.32 bits per heavy atom. The topological polar surface area (TPSA) is 70.9 Å². The van der Waals surface area contributed by atoms with Crippen molar-refractivity contribution in [2.45, 2.75) is 18.7 Å². The highest BCUT2D eigenvalue weighted by molar-refractivity contribution is 7.89. The third kappa shape index (κ3) is 4.91. The molecule has 0 spiro atoms. The van der Waals surface area contributed by atoms with Crippen LogP contribution in [0.4, 0.5) is 5.69 Å². The summed E-state index contributed by atoms with van der Waals surface area (Å²) in [5.74, 6) is -0.0946. The van der Waals surface area contributed by atoms with Crippen molar-refractivity contribution in [3.8, 4) is 0 Å². The van der Waals surface area contributed by atoms with Gasteiger partial charge >= 0.3 is 0 Å². The monoisotopic (exact) mass is 422 g/mol. The first-order chi connectivity index (χ1) is 13.3. The highest BCUT2D eigenvalue weighted by atomic mass is 35.5. The van der Waals surface area contributed by atoms with Crippen LogP contribution in [0, 0.1) is 13.8 Å². The van der Waals surface area contributed by atoms with Crippen molar-refractivity contribution in [3.05, 3.63) is 58.6 Å². The summed E-state index contributed by atoms with van der Waals surface area (Å²) in [7, 11) is -3.50. The fourth-order valence-corrected chi connectivity index (χ4v) is 4.86. The molecule has 6 nitrogen and oxygen atoms in total. The largest absolute Gasteiger partial charge is 0.325 e. The van der Waals surface area contributed by atoms with Crippen molar-refractivity contribution in [2.24, 2.45) is 0 Å². The maximum Gasteiger partial charge on any atom is 0.279 e. The first-order valence-corrected chi connectivity index (χ1v) is 11.0.